The third-order valence-electron chi connectivity index (χ3n) is 4.15. The Kier molecular flexibility index (Phi) is 4.14. The van der Waals surface area contributed by atoms with Gasteiger partial charge in [-0.1, -0.05) is 30.0 Å². The lowest BCUT2D eigenvalue weighted by Gasteiger charge is -2.07. The lowest BCUT2D eigenvalue weighted by atomic mass is 10.2. The third-order valence-corrected chi connectivity index (χ3v) is 5.62. The van der Waals surface area contributed by atoms with E-state index in [1.807, 2.05) is 49.4 Å². The molecule has 2 aromatic carbocycles. The second-order valence-corrected chi connectivity index (χ2v) is 7.55. The Morgan fingerprint density at radius 1 is 1.11 bits per heavy atom. The van der Waals surface area contributed by atoms with Gasteiger partial charge in [0.2, 0.25) is 5.91 Å². The third kappa shape index (κ3) is 2.96. The number of para-hydroxylation sites is 1. The van der Waals surface area contributed by atoms with Crippen LogP contribution in [0.3, 0.4) is 0 Å². The van der Waals surface area contributed by atoms with Crippen LogP contribution in [0.25, 0.3) is 27.6 Å². The van der Waals surface area contributed by atoms with Crippen LogP contribution in [0.5, 0.6) is 0 Å². The summed E-state index contributed by atoms with van der Waals surface area (Å²) in [6, 6.07) is 13.3. The number of nitrogens with one attached hydrogen (secondary N) is 1. The van der Waals surface area contributed by atoms with E-state index in [-0.39, 0.29) is 11.7 Å². The van der Waals surface area contributed by atoms with Gasteiger partial charge in [0.15, 0.2) is 10.8 Å². The van der Waals surface area contributed by atoms with Crippen molar-refractivity contribution in [3.8, 4) is 0 Å². The summed E-state index contributed by atoms with van der Waals surface area (Å²) in [4.78, 5) is 21.7. The summed E-state index contributed by atoms with van der Waals surface area (Å²) in [6.07, 6.45) is 0. The average Bonchev–Trinajstić information content (AvgIpc) is 3.33. The molecule has 5 aromatic rings. The summed E-state index contributed by atoms with van der Waals surface area (Å²) >= 11 is 2.44. The maximum Gasteiger partial charge on any atom is 0.234 e. The van der Waals surface area contributed by atoms with E-state index in [9.17, 15) is 4.79 Å². The second kappa shape index (κ2) is 6.80. The monoisotopic (exact) mass is 407 g/mol. The van der Waals surface area contributed by atoms with Crippen LogP contribution in [0, 0.1) is 6.92 Å². The number of aromatic nitrogens is 6. The Morgan fingerprint density at radius 3 is 2.89 bits per heavy atom. The van der Waals surface area contributed by atoms with E-state index in [0.717, 1.165) is 33.8 Å². The van der Waals surface area contributed by atoms with Crippen molar-refractivity contribution in [2.45, 2.75) is 12.1 Å². The minimum Gasteiger partial charge on any atom is -0.323 e. The molecule has 0 aliphatic heterocycles. The molecule has 28 heavy (non-hydrogen) atoms. The molecular weight excluding hydrogens is 394 g/mol. The first kappa shape index (κ1) is 17.0. The summed E-state index contributed by atoms with van der Waals surface area (Å²) in [5.74, 6) is 0.699. The largest absolute Gasteiger partial charge is 0.323 e. The van der Waals surface area contributed by atoms with Crippen molar-refractivity contribution >= 4 is 62.7 Å². The molecule has 138 valence electrons. The number of aryl methyl sites for hydroxylation is 1. The summed E-state index contributed by atoms with van der Waals surface area (Å²) in [5, 5.41) is 8.89. The van der Waals surface area contributed by atoms with Gasteiger partial charge in [-0.3, -0.25) is 4.79 Å². The maximum absolute atomic E-state index is 12.5. The Labute approximate surface area is 167 Å². The minimum absolute atomic E-state index is 0.148. The Morgan fingerprint density at radius 2 is 1.96 bits per heavy atom. The normalized spacial score (nSPS) is 11.5. The lowest BCUT2D eigenvalue weighted by Crippen LogP contribution is -2.15. The molecule has 0 aliphatic rings. The van der Waals surface area contributed by atoms with Crippen molar-refractivity contribution in [1.29, 1.82) is 0 Å². The van der Waals surface area contributed by atoms with Crippen molar-refractivity contribution < 1.29 is 4.79 Å². The van der Waals surface area contributed by atoms with Crippen LogP contribution in [-0.4, -0.2) is 40.0 Å². The van der Waals surface area contributed by atoms with E-state index in [4.69, 9.17) is 0 Å². The second-order valence-electron chi connectivity index (χ2n) is 6.08. The predicted molar refractivity (Wildman–Crippen MR) is 110 cm³/mol. The number of rotatable bonds is 4. The molecule has 0 saturated carbocycles. The van der Waals surface area contributed by atoms with Crippen molar-refractivity contribution in [2.75, 3.05) is 11.1 Å². The molecule has 3 heterocycles. The molecule has 0 unspecified atom stereocenters. The summed E-state index contributed by atoms with van der Waals surface area (Å²) in [6.45, 7) is 1.84. The number of anilines is 1. The molecular formula is C18H13N7OS2. The number of hydrogen-bond acceptors (Lipinski definition) is 8. The van der Waals surface area contributed by atoms with E-state index in [1.165, 1.54) is 11.8 Å². The summed E-state index contributed by atoms with van der Waals surface area (Å²) < 4.78 is 10.1. The zero-order chi connectivity index (χ0) is 19.1. The molecule has 0 bridgehead atoms. The van der Waals surface area contributed by atoms with Crippen molar-refractivity contribution in [3.05, 3.63) is 48.3 Å². The summed E-state index contributed by atoms with van der Waals surface area (Å²) in [7, 11) is 0. The molecule has 0 radical (unpaired) electrons. The van der Waals surface area contributed by atoms with Gasteiger partial charge in [-0.2, -0.15) is 13.3 Å². The number of carbonyl (C=O) groups excluding carboxylic acids is 1. The fourth-order valence-corrected chi connectivity index (χ4v) is 4.24. The lowest BCUT2D eigenvalue weighted by molar-refractivity contribution is -0.113. The van der Waals surface area contributed by atoms with Gasteiger partial charge in [-0.25, -0.2) is 9.97 Å². The number of benzene rings is 2. The van der Waals surface area contributed by atoms with Crippen LogP contribution in [0.2, 0.25) is 0 Å². The average molecular weight is 407 g/mol. The fourth-order valence-electron chi connectivity index (χ4n) is 2.95. The molecule has 8 nitrogen and oxygen atoms in total. The molecule has 3 aromatic heterocycles. The molecule has 1 N–H and O–H groups in total. The zero-order valence-corrected chi connectivity index (χ0v) is 16.3. The highest BCUT2D eigenvalue weighted by atomic mass is 32.2. The van der Waals surface area contributed by atoms with Gasteiger partial charge in [0, 0.05) is 5.39 Å². The van der Waals surface area contributed by atoms with Gasteiger partial charge in [0.05, 0.1) is 28.7 Å². The maximum atomic E-state index is 12.5. The molecule has 0 saturated heterocycles. The number of hydrogen-bond donors (Lipinski definition) is 1. The smallest absolute Gasteiger partial charge is 0.234 e. The van der Waals surface area contributed by atoms with E-state index < -0.39 is 0 Å². The number of amides is 1. The van der Waals surface area contributed by atoms with Gasteiger partial charge < -0.3 is 5.32 Å². The van der Waals surface area contributed by atoms with Gasteiger partial charge in [0.25, 0.3) is 0 Å². The van der Waals surface area contributed by atoms with Crippen molar-refractivity contribution in [2.24, 2.45) is 0 Å². The van der Waals surface area contributed by atoms with E-state index >= 15 is 0 Å². The quantitative estimate of drug-likeness (QED) is 0.360. The first-order valence-corrected chi connectivity index (χ1v) is 10.2. The van der Waals surface area contributed by atoms with Crippen LogP contribution in [-0.2, 0) is 4.79 Å². The number of carbonyl (C=O) groups is 1. The highest BCUT2D eigenvalue weighted by Gasteiger charge is 2.14. The first-order chi connectivity index (χ1) is 13.7. The fraction of sp³-hybridized carbons (Fsp3) is 0.111. The van der Waals surface area contributed by atoms with Crippen LogP contribution in [0.15, 0.2) is 47.6 Å². The van der Waals surface area contributed by atoms with Crippen LogP contribution < -0.4 is 5.32 Å². The van der Waals surface area contributed by atoms with Crippen LogP contribution >= 0.6 is 23.5 Å². The minimum atomic E-state index is -0.148. The van der Waals surface area contributed by atoms with Crippen molar-refractivity contribution in [3.63, 3.8) is 0 Å². The molecule has 5 rings (SSSR count). The topological polar surface area (TPSA) is 98.0 Å². The molecule has 1 amide bonds. The first-order valence-electron chi connectivity index (χ1n) is 8.45. The van der Waals surface area contributed by atoms with Crippen LogP contribution in [0.1, 0.15) is 5.82 Å². The molecule has 0 aliphatic carbocycles. The van der Waals surface area contributed by atoms with E-state index in [1.54, 1.807) is 4.52 Å². The number of fused-ring (bicyclic) bond motifs is 4. The molecule has 0 atom stereocenters. The highest BCUT2D eigenvalue weighted by molar-refractivity contribution is 7.99. The number of nitrogens with zero attached hydrogens (tertiary/aromatic N) is 6. The SMILES string of the molecule is Cc1nc2c3ccccc3nc(SCC(=O)Nc3cccc4nsnc34)n2n1. The number of thioether (sulfide) groups is 1. The summed E-state index contributed by atoms with van der Waals surface area (Å²) in [5.41, 5.74) is 3.69. The van der Waals surface area contributed by atoms with Crippen molar-refractivity contribution in [1.82, 2.24) is 28.3 Å². The van der Waals surface area contributed by atoms with Gasteiger partial charge in [-0.05, 0) is 31.2 Å². The highest BCUT2D eigenvalue weighted by Crippen LogP contribution is 2.25. The standard InChI is InChI=1S/C18H13N7OS2/c1-10-19-17-11-5-2-3-6-12(11)21-18(25(17)22-10)27-9-15(26)20-13-7-4-8-14-16(13)24-28-23-14/h2-8H,9H2,1H3,(H,20,26). The van der Waals surface area contributed by atoms with Gasteiger partial charge in [-0.15, -0.1) is 5.10 Å². The molecule has 0 fully saturated rings. The zero-order valence-electron chi connectivity index (χ0n) is 14.7. The van der Waals surface area contributed by atoms with Gasteiger partial charge in [0.1, 0.15) is 16.9 Å². The van der Waals surface area contributed by atoms with Crippen LogP contribution in [0.4, 0.5) is 5.69 Å². The predicted octanol–water partition coefficient (Wildman–Crippen LogP) is 3.32. The molecule has 0 spiro atoms. The molecule has 10 heteroatoms. The Balaban J connectivity index is 1.42. The van der Waals surface area contributed by atoms with Gasteiger partial charge >= 0.3 is 0 Å². The van der Waals surface area contributed by atoms with E-state index in [0.29, 0.717) is 22.2 Å². The Hall–Kier alpha value is -3.11. The Bertz CT molecular complexity index is 1340. The van der Waals surface area contributed by atoms with E-state index in [2.05, 4.69) is 29.1 Å².